The fourth-order valence-electron chi connectivity index (χ4n) is 4.88. The molecular weight excluding hydrogens is 568 g/mol. The molecule has 3 aromatic carbocycles. The number of nitrogens with zero attached hydrogens (tertiary/aromatic N) is 2. The van der Waals surface area contributed by atoms with Crippen LogP contribution in [0.15, 0.2) is 88.8 Å². The largest absolute Gasteiger partial charge is 0.464 e. The molecule has 2 heterocycles. The molecule has 0 spiro atoms. The number of halogens is 1. The summed E-state index contributed by atoms with van der Waals surface area (Å²) in [4.78, 5) is 43.8. The highest BCUT2D eigenvalue weighted by molar-refractivity contribution is 6.31. The maximum Gasteiger partial charge on any atom is 0.254 e. The number of hydrogen-bond donors (Lipinski definition) is 0. The number of benzene rings is 3. The SMILES string of the molecule is C=CCN(CC(=O)N(Cc1ccc2c(c1)OCO2)Cc1coc2ccc(Cl)cc2c1=O)C(=O)c1ccc(C(C)(C)C)cc1. The Morgan fingerprint density at radius 1 is 0.953 bits per heavy atom. The first-order chi connectivity index (χ1) is 20.5. The molecule has 2 amide bonds. The van der Waals surface area contributed by atoms with E-state index in [1.807, 2.05) is 18.2 Å². The van der Waals surface area contributed by atoms with Crippen molar-refractivity contribution in [3.8, 4) is 11.5 Å². The highest BCUT2D eigenvalue weighted by atomic mass is 35.5. The Balaban J connectivity index is 1.43. The van der Waals surface area contributed by atoms with Gasteiger partial charge in [0.15, 0.2) is 16.9 Å². The van der Waals surface area contributed by atoms with Gasteiger partial charge in [-0.05, 0) is 59.0 Å². The summed E-state index contributed by atoms with van der Waals surface area (Å²) in [5.41, 5.74) is 2.66. The lowest BCUT2D eigenvalue weighted by Crippen LogP contribution is -2.43. The van der Waals surface area contributed by atoms with Crippen LogP contribution >= 0.6 is 11.6 Å². The quantitative estimate of drug-likeness (QED) is 0.209. The third kappa shape index (κ3) is 6.75. The van der Waals surface area contributed by atoms with Gasteiger partial charge in [-0.15, -0.1) is 6.58 Å². The predicted molar refractivity (Wildman–Crippen MR) is 166 cm³/mol. The van der Waals surface area contributed by atoms with Crippen LogP contribution in [0, 0.1) is 0 Å². The van der Waals surface area contributed by atoms with Crippen LogP contribution in [0.25, 0.3) is 11.0 Å². The number of amides is 2. The summed E-state index contributed by atoms with van der Waals surface area (Å²) in [7, 11) is 0. The highest BCUT2D eigenvalue weighted by Crippen LogP contribution is 2.33. The second-order valence-corrected chi connectivity index (χ2v) is 11.9. The van der Waals surface area contributed by atoms with E-state index >= 15 is 0 Å². The van der Waals surface area contributed by atoms with Crippen LogP contribution in [0.3, 0.4) is 0 Å². The lowest BCUT2D eigenvalue weighted by Gasteiger charge is -2.27. The number of carbonyl (C=O) groups excluding carboxylic acids is 2. The first kappa shape index (κ1) is 29.9. The summed E-state index contributed by atoms with van der Waals surface area (Å²) < 4.78 is 16.6. The summed E-state index contributed by atoms with van der Waals surface area (Å²) in [6.07, 6.45) is 2.94. The fraction of sp³-hybridized carbons (Fsp3) is 0.265. The molecule has 0 aliphatic carbocycles. The third-order valence-corrected chi connectivity index (χ3v) is 7.53. The van der Waals surface area contributed by atoms with Crippen LogP contribution in [0.5, 0.6) is 11.5 Å². The second kappa shape index (κ2) is 12.4. The summed E-state index contributed by atoms with van der Waals surface area (Å²) in [6, 6.07) is 17.6. The fourth-order valence-corrected chi connectivity index (χ4v) is 5.06. The summed E-state index contributed by atoms with van der Waals surface area (Å²) in [6.45, 7) is 10.3. The minimum atomic E-state index is -0.357. The van der Waals surface area contributed by atoms with Crippen LogP contribution in [0.4, 0.5) is 0 Å². The Hall–Kier alpha value is -4.56. The Bertz CT molecular complexity index is 1740. The first-order valence-corrected chi connectivity index (χ1v) is 14.3. The smallest absolute Gasteiger partial charge is 0.254 e. The number of hydrogen-bond acceptors (Lipinski definition) is 6. The highest BCUT2D eigenvalue weighted by Gasteiger charge is 2.25. The van der Waals surface area contributed by atoms with Gasteiger partial charge in [0.2, 0.25) is 12.7 Å². The Morgan fingerprint density at radius 3 is 2.42 bits per heavy atom. The van der Waals surface area contributed by atoms with Crippen molar-refractivity contribution in [2.24, 2.45) is 0 Å². The van der Waals surface area contributed by atoms with Gasteiger partial charge in [0, 0.05) is 23.7 Å². The van der Waals surface area contributed by atoms with E-state index in [9.17, 15) is 14.4 Å². The summed E-state index contributed by atoms with van der Waals surface area (Å²) in [5, 5.41) is 0.724. The molecule has 0 fully saturated rings. The van der Waals surface area contributed by atoms with Crippen LogP contribution < -0.4 is 14.9 Å². The number of ether oxygens (including phenoxy) is 2. The molecular formula is C34H33ClN2O6. The van der Waals surface area contributed by atoms with Crippen molar-refractivity contribution in [1.82, 2.24) is 9.80 Å². The minimum absolute atomic E-state index is 0.0472. The van der Waals surface area contributed by atoms with Crippen molar-refractivity contribution < 1.29 is 23.5 Å². The monoisotopic (exact) mass is 600 g/mol. The maximum atomic E-state index is 13.9. The molecule has 0 N–H and O–H groups in total. The Kier molecular flexibility index (Phi) is 8.59. The number of rotatable bonds is 9. The van der Waals surface area contributed by atoms with Gasteiger partial charge in [0.25, 0.3) is 5.91 Å². The topological polar surface area (TPSA) is 89.3 Å². The zero-order valence-corrected chi connectivity index (χ0v) is 25.1. The zero-order chi connectivity index (χ0) is 30.7. The van der Waals surface area contributed by atoms with E-state index < -0.39 is 0 Å². The van der Waals surface area contributed by atoms with Crippen LogP contribution in [0.2, 0.25) is 5.02 Å². The number of carbonyl (C=O) groups is 2. The van der Waals surface area contributed by atoms with Gasteiger partial charge in [-0.1, -0.05) is 56.6 Å². The van der Waals surface area contributed by atoms with Gasteiger partial charge >= 0.3 is 0 Å². The van der Waals surface area contributed by atoms with E-state index in [4.69, 9.17) is 25.5 Å². The molecule has 0 radical (unpaired) electrons. The average Bonchev–Trinajstić information content (AvgIpc) is 3.45. The van der Waals surface area contributed by atoms with E-state index in [2.05, 4.69) is 27.4 Å². The minimum Gasteiger partial charge on any atom is -0.464 e. The molecule has 5 rings (SSSR count). The molecule has 9 heteroatoms. The van der Waals surface area contributed by atoms with Crippen molar-refractivity contribution in [3.05, 3.63) is 117 Å². The predicted octanol–water partition coefficient (Wildman–Crippen LogP) is 6.33. The van der Waals surface area contributed by atoms with Gasteiger partial charge < -0.3 is 23.7 Å². The lowest BCUT2D eigenvalue weighted by atomic mass is 9.86. The summed E-state index contributed by atoms with van der Waals surface area (Å²) in [5.74, 6) is 0.544. The van der Waals surface area contributed by atoms with Gasteiger partial charge in [0.1, 0.15) is 12.1 Å². The molecule has 43 heavy (non-hydrogen) atoms. The first-order valence-electron chi connectivity index (χ1n) is 13.9. The molecule has 4 aromatic rings. The van der Waals surface area contributed by atoms with E-state index in [1.54, 1.807) is 48.5 Å². The van der Waals surface area contributed by atoms with Crippen molar-refractivity contribution in [1.29, 1.82) is 0 Å². The maximum absolute atomic E-state index is 13.9. The molecule has 8 nitrogen and oxygen atoms in total. The molecule has 0 unspecified atom stereocenters. The van der Waals surface area contributed by atoms with Crippen LogP contribution in [-0.2, 0) is 23.3 Å². The Labute approximate surface area is 255 Å². The molecule has 0 saturated carbocycles. The van der Waals surface area contributed by atoms with Crippen molar-refractivity contribution in [2.75, 3.05) is 19.9 Å². The summed E-state index contributed by atoms with van der Waals surface area (Å²) >= 11 is 6.14. The zero-order valence-electron chi connectivity index (χ0n) is 24.4. The second-order valence-electron chi connectivity index (χ2n) is 11.5. The molecule has 0 saturated heterocycles. The van der Waals surface area contributed by atoms with E-state index in [1.165, 1.54) is 16.1 Å². The molecule has 1 aliphatic heterocycles. The molecule has 0 atom stereocenters. The lowest BCUT2D eigenvalue weighted by molar-refractivity contribution is -0.133. The van der Waals surface area contributed by atoms with Crippen molar-refractivity contribution >= 4 is 34.4 Å². The van der Waals surface area contributed by atoms with E-state index in [-0.39, 0.29) is 61.2 Å². The number of fused-ring (bicyclic) bond motifs is 2. The van der Waals surface area contributed by atoms with Gasteiger partial charge in [-0.2, -0.15) is 0 Å². The average molecular weight is 601 g/mol. The van der Waals surface area contributed by atoms with Crippen LogP contribution in [-0.4, -0.2) is 41.5 Å². The van der Waals surface area contributed by atoms with E-state index in [0.717, 1.165) is 11.1 Å². The van der Waals surface area contributed by atoms with Crippen LogP contribution in [0.1, 0.15) is 47.8 Å². The van der Waals surface area contributed by atoms with Gasteiger partial charge in [0.05, 0.1) is 23.8 Å². The molecule has 0 bridgehead atoms. The van der Waals surface area contributed by atoms with Crippen molar-refractivity contribution in [3.63, 3.8) is 0 Å². The standard InChI is InChI=1S/C34H33ClN2O6/c1-5-14-36(33(40)23-7-9-25(10-8-23)34(2,3)4)19-31(38)37(17-22-6-12-29-30(15-22)43-21-42-29)18-24-20-41-28-13-11-26(35)16-27(28)32(24)39/h5-13,15-16,20H,1,14,17-19,21H2,2-4H3. The van der Waals surface area contributed by atoms with E-state index in [0.29, 0.717) is 33.1 Å². The normalized spacial score (nSPS) is 12.3. The van der Waals surface area contributed by atoms with Gasteiger partial charge in [-0.3, -0.25) is 14.4 Å². The molecule has 222 valence electrons. The molecule has 1 aliphatic rings. The van der Waals surface area contributed by atoms with Gasteiger partial charge in [-0.25, -0.2) is 0 Å². The Morgan fingerprint density at radius 2 is 1.70 bits per heavy atom. The van der Waals surface area contributed by atoms with Crippen molar-refractivity contribution in [2.45, 2.75) is 39.3 Å². The third-order valence-electron chi connectivity index (χ3n) is 7.29. The molecule has 1 aromatic heterocycles.